The van der Waals surface area contributed by atoms with E-state index in [1.165, 1.54) is 16.9 Å². The van der Waals surface area contributed by atoms with Gasteiger partial charge in [-0.2, -0.15) is 0 Å². The Bertz CT molecular complexity index is 810. The van der Waals surface area contributed by atoms with E-state index in [2.05, 4.69) is 19.9 Å². The highest BCUT2D eigenvalue weighted by Gasteiger charge is 2.22. The summed E-state index contributed by atoms with van der Waals surface area (Å²) in [7, 11) is 0. The van der Waals surface area contributed by atoms with Crippen molar-refractivity contribution in [2.45, 2.75) is 26.2 Å². The Labute approximate surface area is 124 Å². The maximum atomic E-state index is 6.37. The Hall–Kier alpha value is -1.59. The van der Waals surface area contributed by atoms with E-state index in [1.807, 2.05) is 6.92 Å². The van der Waals surface area contributed by atoms with E-state index in [0.717, 1.165) is 28.6 Å². The van der Waals surface area contributed by atoms with E-state index in [4.69, 9.17) is 11.6 Å². The van der Waals surface area contributed by atoms with Crippen molar-refractivity contribution in [3.63, 3.8) is 0 Å². The first-order valence-corrected chi connectivity index (χ1v) is 7.68. The molecule has 0 atom stereocenters. The Balaban J connectivity index is 1.92. The molecule has 4 nitrogen and oxygen atoms in total. The van der Waals surface area contributed by atoms with Crippen LogP contribution in [0.25, 0.3) is 21.9 Å². The van der Waals surface area contributed by atoms with E-state index < -0.39 is 0 Å². The largest absolute Gasteiger partial charge is 0.234 e. The number of halogens is 1. The number of nitrogens with zero attached hydrogens (tertiary/aromatic N) is 4. The summed E-state index contributed by atoms with van der Waals surface area (Å²) in [5.74, 6) is 1.02. The molecular formula is C14H11ClN4S. The predicted molar refractivity (Wildman–Crippen MR) is 80.2 cm³/mol. The minimum atomic E-state index is 0.502. The van der Waals surface area contributed by atoms with Gasteiger partial charge in [0.1, 0.15) is 9.98 Å². The molecule has 1 aliphatic rings. The van der Waals surface area contributed by atoms with Crippen molar-refractivity contribution in [3.05, 3.63) is 33.6 Å². The lowest BCUT2D eigenvalue weighted by Crippen LogP contribution is -1.96. The molecule has 4 rings (SSSR count). The third kappa shape index (κ3) is 1.81. The molecule has 0 amide bonds. The van der Waals surface area contributed by atoms with Crippen molar-refractivity contribution in [3.8, 4) is 11.6 Å². The molecule has 0 N–H and O–H groups in total. The maximum Gasteiger partial charge on any atom is 0.200 e. The van der Waals surface area contributed by atoms with Crippen LogP contribution in [0.5, 0.6) is 0 Å². The number of rotatable bonds is 1. The number of hydrogen-bond donors (Lipinski definition) is 0. The van der Waals surface area contributed by atoms with Crippen LogP contribution >= 0.6 is 22.9 Å². The molecule has 0 radical (unpaired) electrons. The highest BCUT2D eigenvalue weighted by molar-refractivity contribution is 7.19. The van der Waals surface area contributed by atoms with Crippen LogP contribution in [0.15, 0.2) is 12.4 Å². The normalized spacial score (nSPS) is 13.9. The number of hydrogen-bond acceptors (Lipinski definition) is 5. The number of aromatic nitrogens is 4. The van der Waals surface area contributed by atoms with Gasteiger partial charge in [-0.05, 0) is 37.3 Å². The molecule has 0 aliphatic heterocycles. The number of fused-ring (bicyclic) bond motifs is 3. The molecule has 20 heavy (non-hydrogen) atoms. The van der Waals surface area contributed by atoms with Gasteiger partial charge in [0.25, 0.3) is 0 Å². The SMILES string of the molecule is Cc1cnc(-c2nc(Cl)c3c4c(sc3n2)CCC4)nc1. The third-order valence-corrected chi connectivity index (χ3v) is 4.96. The molecule has 3 aromatic rings. The highest BCUT2D eigenvalue weighted by Crippen LogP contribution is 2.39. The van der Waals surface area contributed by atoms with E-state index in [0.29, 0.717) is 16.8 Å². The quantitative estimate of drug-likeness (QED) is 0.645. The summed E-state index contributed by atoms with van der Waals surface area (Å²) in [5.41, 5.74) is 2.35. The lowest BCUT2D eigenvalue weighted by molar-refractivity contribution is 0.917. The second-order valence-corrected chi connectivity index (χ2v) is 6.40. The van der Waals surface area contributed by atoms with Gasteiger partial charge in [0.15, 0.2) is 5.82 Å². The van der Waals surface area contributed by atoms with Gasteiger partial charge < -0.3 is 0 Å². The first-order valence-electron chi connectivity index (χ1n) is 6.49. The van der Waals surface area contributed by atoms with Crippen LogP contribution in [0, 0.1) is 6.92 Å². The molecule has 0 saturated heterocycles. The maximum absolute atomic E-state index is 6.37. The molecular weight excluding hydrogens is 292 g/mol. The summed E-state index contributed by atoms with van der Waals surface area (Å²) in [6.45, 7) is 1.95. The Morgan fingerprint density at radius 1 is 1.10 bits per heavy atom. The Kier molecular flexibility index (Phi) is 2.72. The minimum absolute atomic E-state index is 0.502. The lowest BCUT2D eigenvalue weighted by Gasteiger charge is -2.02. The van der Waals surface area contributed by atoms with Crippen LogP contribution in [-0.2, 0) is 12.8 Å². The zero-order valence-electron chi connectivity index (χ0n) is 10.9. The Morgan fingerprint density at radius 2 is 1.90 bits per heavy atom. The van der Waals surface area contributed by atoms with Gasteiger partial charge in [0.2, 0.25) is 5.82 Å². The van der Waals surface area contributed by atoms with Crippen molar-refractivity contribution in [2.75, 3.05) is 0 Å². The van der Waals surface area contributed by atoms with Gasteiger partial charge in [-0.1, -0.05) is 11.6 Å². The second-order valence-electron chi connectivity index (χ2n) is 4.96. The van der Waals surface area contributed by atoms with E-state index in [-0.39, 0.29) is 0 Å². The zero-order chi connectivity index (χ0) is 13.7. The van der Waals surface area contributed by atoms with E-state index >= 15 is 0 Å². The monoisotopic (exact) mass is 302 g/mol. The molecule has 0 unspecified atom stereocenters. The molecule has 0 bridgehead atoms. The first kappa shape index (κ1) is 12.2. The highest BCUT2D eigenvalue weighted by atomic mass is 35.5. The second kappa shape index (κ2) is 4.46. The molecule has 3 heterocycles. The van der Waals surface area contributed by atoms with E-state index in [9.17, 15) is 0 Å². The standard InChI is InChI=1S/C14H11ClN4S/c1-7-5-16-12(17-6-7)13-18-11(15)10-8-3-2-4-9(8)20-14(10)19-13/h5-6H,2-4H2,1H3. The van der Waals surface area contributed by atoms with Crippen LogP contribution in [0.4, 0.5) is 0 Å². The topological polar surface area (TPSA) is 51.6 Å². The third-order valence-electron chi connectivity index (χ3n) is 3.50. The molecule has 0 saturated carbocycles. The van der Waals surface area contributed by atoms with Gasteiger partial charge in [0.05, 0.1) is 5.39 Å². The fraction of sp³-hybridized carbons (Fsp3) is 0.286. The first-order chi connectivity index (χ1) is 9.72. The lowest BCUT2D eigenvalue weighted by atomic mass is 10.2. The molecule has 0 spiro atoms. The van der Waals surface area contributed by atoms with Gasteiger partial charge in [-0.25, -0.2) is 19.9 Å². The summed E-state index contributed by atoms with van der Waals surface area (Å²) in [6.07, 6.45) is 6.94. The van der Waals surface area contributed by atoms with Crippen molar-refractivity contribution >= 4 is 33.2 Å². The van der Waals surface area contributed by atoms with Gasteiger partial charge >= 0.3 is 0 Å². The minimum Gasteiger partial charge on any atom is -0.234 e. The molecule has 1 aliphatic carbocycles. The van der Waals surface area contributed by atoms with Crippen LogP contribution < -0.4 is 0 Å². The van der Waals surface area contributed by atoms with Crippen LogP contribution in [0.2, 0.25) is 5.15 Å². The molecule has 3 aromatic heterocycles. The Morgan fingerprint density at radius 3 is 2.70 bits per heavy atom. The molecule has 0 aromatic carbocycles. The summed E-state index contributed by atoms with van der Waals surface area (Å²) in [6, 6.07) is 0. The van der Waals surface area contributed by atoms with Crippen molar-refractivity contribution < 1.29 is 0 Å². The van der Waals surface area contributed by atoms with Crippen molar-refractivity contribution in [2.24, 2.45) is 0 Å². The van der Waals surface area contributed by atoms with Gasteiger partial charge in [0, 0.05) is 17.3 Å². The zero-order valence-corrected chi connectivity index (χ0v) is 12.4. The summed E-state index contributed by atoms with van der Waals surface area (Å²) < 4.78 is 0. The summed E-state index contributed by atoms with van der Waals surface area (Å²) >= 11 is 8.09. The van der Waals surface area contributed by atoms with Gasteiger partial charge in [-0.15, -0.1) is 11.3 Å². The van der Waals surface area contributed by atoms with E-state index in [1.54, 1.807) is 23.7 Å². The molecule has 6 heteroatoms. The average Bonchev–Trinajstić information content (AvgIpc) is 2.99. The molecule has 0 fully saturated rings. The number of thiophene rings is 1. The predicted octanol–water partition coefficient (Wildman–Crippen LogP) is 3.60. The van der Waals surface area contributed by atoms with Crippen LogP contribution in [-0.4, -0.2) is 19.9 Å². The molecule has 100 valence electrons. The van der Waals surface area contributed by atoms with Crippen LogP contribution in [0.3, 0.4) is 0 Å². The van der Waals surface area contributed by atoms with Crippen molar-refractivity contribution in [1.82, 2.24) is 19.9 Å². The average molecular weight is 303 g/mol. The van der Waals surface area contributed by atoms with Gasteiger partial charge in [-0.3, -0.25) is 0 Å². The summed E-state index contributed by atoms with van der Waals surface area (Å²) in [4.78, 5) is 19.9. The fourth-order valence-corrected chi connectivity index (χ4v) is 4.16. The van der Waals surface area contributed by atoms with Crippen LogP contribution in [0.1, 0.15) is 22.4 Å². The van der Waals surface area contributed by atoms with Crippen molar-refractivity contribution in [1.29, 1.82) is 0 Å². The summed E-state index contributed by atoms with van der Waals surface area (Å²) in [5, 5.41) is 1.55. The number of aryl methyl sites for hydroxylation is 3. The smallest absolute Gasteiger partial charge is 0.200 e. The fourth-order valence-electron chi connectivity index (χ4n) is 2.56.